The molecule has 8 heteroatoms. The maximum atomic E-state index is 12.8. The van der Waals surface area contributed by atoms with Crippen LogP contribution in [0.3, 0.4) is 0 Å². The van der Waals surface area contributed by atoms with Crippen molar-refractivity contribution in [1.29, 1.82) is 0 Å². The second kappa shape index (κ2) is 9.76. The first kappa shape index (κ1) is 22.5. The molecule has 1 amide bonds. The molecule has 1 aromatic carbocycles. The van der Waals surface area contributed by atoms with E-state index in [0.717, 1.165) is 31.7 Å². The third kappa shape index (κ3) is 5.11. The Morgan fingerprint density at radius 2 is 1.90 bits per heavy atom. The lowest BCUT2D eigenvalue weighted by Gasteiger charge is -2.33. The minimum atomic E-state index is -3.65. The van der Waals surface area contributed by atoms with Gasteiger partial charge in [-0.15, -0.1) is 0 Å². The van der Waals surface area contributed by atoms with Crippen LogP contribution in [0.25, 0.3) is 0 Å². The molecule has 0 radical (unpaired) electrons. The number of hydrogen-bond acceptors (Lipinski definition) is 5. The lowest BCUT2D eigenvalue weighted by molar-refractivity contribution is 0.0914. The number of nitrogens with one attached hydrogen (secondary N) is 1. The zero-order valence-electron chi connectivity index (χ0n) is 17.9. The number of nitrogens with zero attached hydrogens (tertiary/aromatic N) is 2. The van der Waals surface area contributed by atoms with E-state index in [1.165, 1.54) is 22.9 Å². The Balaban J connectivity index is 1.73. The van der Waals surface area contributed by atoms with Crippen LogP contribution in [0.4, 0.5) is 0 Å². The van der Waals surface area contributed by atoms with E-state index in [1.54, 1.807) is 25.4 Å². The van der Waals surface area contributed by atoms with Gasteiger partial charge in [0, 0.05) is 25.2 Å². The molecular weight excluding hydrogens is 402 g/mol. The standard InChI is InChI=1S/C22H31N3O4S/c1-17(2)24(3)30(27,28)19-10-7-9-18(15-19)22(26)23-16-20(21-11-8-14-29-21)25-12-5-4-6-13-25/h7-11,14-15,17,20H,4-6,12-13,16H2,1-3H3,(H,23,26). The normalized spacial score (nSPS) is 16.7. The third-order valence-electron chi connectivity index (χ3n) is 5.66. The van der Waals surface area contributed by atoms with Crippen LogP contribution in [0, 0.1) is 0 Å². The van der Waals surface area contributed by atoms with E-state index in [1.807, 2.05) is 26.0 Å². The summed E-state index contributed by atoms with van der Waals surface area (Å²) in [5.41, 5.74) is 0.324. The molecular formula is C22H31N3O4S. The van der Waals surface area contributed by atoms with Crippen molar-refractivity contribution in [3.8, 4) is 0 Å². The Morgan fingerprint density at radius 1 is 1.17 bits per heavy atom. The van der Waals surface area contributed by atoms with Crippen molar-refractivity contribution in [2.75, 3.05) is 26.7 Å². The highest BCUT2D eigenvalue weighted by atomic mass is 32.2. The average Bonchev–Trinajstić information content (AvgIpc) is 3.28. The van der Waals surface area contributed by atoms with Gasteiger partial charge in [-0.05, 0) is 70.1 Å². The maximum absolute atomic E-state index is 12.8. The van der Waals surface area contributed by atoms with Gasteiger partial charge in [0.15, 0.2) is 0 Å². The Hall–Kier alpha value is -2.16. The first-order valence-corrected chi connectivity index (χ1v) is 11.9. The minimum Gasteiger partial charge on any atom is -0.468 e. The first-order chi connectivity index (χ1) is 14.3. The molecule has 0 aliphatic carbocycles. The van der Waals surface area contributed by atoms with Crippen molar-refractivity contribution >= 4 is 15.9 Å². The van der Waals surface area contributed by atoms with Gasteiger partial charge in [-0.3, -0.25) is 9.69 Å². The summed E-state index contributed by atoms with van der Waals surface area (Å²) in [7, 11) is -2.11. The summed E-state index contributed by atoms with van der Waals surface area (Å²) < 4.78 is 32.4. The predicted molar refractivity (Wildman–Crippen MR) is 116 cm³/mol. The van der Waals surface area contributed by atoms with Crippen LogP contribution in [-0.2, 0) is 10.0 Å². The lowest BCUT2D eigenvalue weighted by Crippen LogP contribution is -2.40. The van der Waals surface area contributed by atoms with Crippen molar-refractivity contribution in [2.45, 2.75) is 50.1 Å². The van der Waals surface area contributed by atoms with Crippen LogP contribution in [0.15, 0.2) is 52.0 Å². The van der Waals surface area contributed by atoms with E-state index in [0.29, 0.717) is 12.1 Å². The topological polar surface area (TPSA) is 82.9 Å². The van der Waals surface area contributed by atoms with Crippen molar-refractivity contribution in [3.05, 3.63) is 54.0 Å². The third-order valence-corrected chi connectivity index (χ3v) is 7.69. The van der Waals surface area contributed by atoms with Crippen molar-refractivity contribution in [2.24, 2.45) is 0 Å². The number of sulfonamides is 1. The number of amides is 1. The molecule has 2 heterocycles. The number of benzene rings is 1. The summed E-state index contributed by atoms with van der Waals surface area (Å²) >= 11 is 0. The molecule has 164 valence electrons. The van der Waals surface area contributed by atoms with Gasteiger partial charge in [0.2, 0.25) is 10.0 Å². The number of piperidine rings is 1. The van der Waals surface area contributed by atoms with E-state index >= 15 is 0 Å². The number of furan rings is 1. The van der Waals surface area contributed by atoms with Crippen LogP contribution < -0.4 is 5.32 Å². The fourth-order valence-corrected chi connectivity index (χ4v) is 5.07. The van der Waals surface area contributed by atoms with E-state index in [-0.39, 0.29) is 22.9 Å². The number of hydrogen-bond donors (Lipinski definition) is 1. The largest absolute Gasteiger partial charge is 0.468 e. The van der Waals surface area contributed by atoms with Gasteiger partial charge in [0.25, 0.3) is 5.91 Å². The second-order valence-corrected chi connectivity index (χ2v) is 9.98. The Bertz CT molecular complexity index is 935. The molecule has 2 aromatic rings. The zero-order valence-corrected chi connectivity index (χ0v) is 18.7. The molecule has 1 unspecified atom stereocenters. The molecule has 1 aromatic heterocycles. The second-order valence-electron chi connectivity index (χ2n) is 7.98. The predicted octanol–water partition coefficient (Wildman–Crippen LogP) is 3.27. The molecule has 1 saturated heterocycles. The van der Waals surface area contributed by atoms with E-state index in [2.05, 4.69) is 10.2 Å². The average molecular weight is 434 g/mol. The summed E-state index contributed by atoms with van der Waals surface area (Å²) in [6.45, 7) is 5.95. The van der Waals surface area contributed by atoms with Crippen LogP contribution in [0.1, 0.15) is 55.3 Å². The molecule has 0 bridgehead atoms. The molecule has 1 aliphatic heterocycles. The zero-order chi connectivity index (χ0) is 21.7. The van der Waals surface area contributed by atoms with Crippen LogP contribution in [-0.4, -0.2) is 56.3 Å². The van der Waals surface area contributed by atoms with Gasteiger partial charge >= 0.3 is 0 Å². The molecule has 1 aliphatic rings. The first-order valence-electron chi connectivity index (χ1n) is 10.4. The minimum absolute atomic E-state index is 0.0387. The van der Waals surface area contributed by atoms with Crippen LogP contribution >= 0.6 is 0 Å². The summed E-state index contributed by atoms with van der Waals surface area (Å²) in [6.07, 6.45) is 5.14. The Kier molecular flexibility index (Phi) is 7.33. The van der Waals surface area contributed by atoms with Gasteiger partial charge in [-0.2, -0.15) is 4.31 Å². The fourth-order valence-electron chi connectivity index (χ4n) is 3.65. The molecule has 1 fully saturated rings. The fraction of sp³-hybridized carbons (Fsp3) is 0.500. The van der Waals surface area contributed by atoms with Crippen LogP contribution in [0.2, 0.25) is 0 Å². The maximum Gasteiger partial charge on any atom is 0.251 e. The number of likely N-dealkylation sites (tertiary alicyclic amines) is 1. The quantitative estimate of drug-likeness (QED) is 0.691. The summed E-state index contributed by atoms with van der Waals surface area (Å²) in [4.78, 5) is 15.3. The highest BCUT2D eigenvalue weighted by molar-refractivity contribution is 7.89. The van der Waals surface area contributed by atoms with E-state index in [4.69, 9.17) is 4.42 Å². The van der Waals surface area contributed by atoms with Gasteiger partial charge in [-0.25, -0.2) is 8.42 Å². The molecule has 30 heavy (non-hydrogen) atoms. The summed E-state index contributed by atoms with van der Waals surface area (Å²) in [5, 5.41) is 2.97. The van der Waals surface area contributed by atoms with Crippen molar-refractivity contribution in [1.82, 2.24) is 14.5 Å². The van der Waals surface area contributed by atoms with Crippen molar-refractivity contribution in [3.63, 3.8) is 0 Å². The summed E-state index contributed by atoms with van der Waals surface area (Å²) in [6, 6.07) is 9.76. The smallest absolute Gasteiger partial charge is 0.251 e. The monoisotopic (exact) mass is 433 g/mol. The number of carbonyl (C=O) groups is 1. The van der Waals surface area contributed by atoms with Crippen LogP contribution in [0.5, 0.6) is 0 Å². The molecule has 0 saturated carbocycles. The molecule has 0 spiro atoms. The SMILES string of the molecule is CC(C)N(C)S(=O)(=O)c1cccc(C(=O)NCC(c2ccco2)N2CCCCC2)c1. The molecule has 7 nitrogen and oxygen atoms in total. The van der Waals surface area contributed by atoms with Gasteiger partial charge in [0.05, 0.1) is 17.2 Å². The van der Waals surface area contributed by atoms with E-state index in [9.17, 15) is 13.2 Å². The highest BCUT2D eigenvalue weighted by Gasteiger charge is 2.26. The van der Waals surface area contributed by atoms with Gasteiger partial charge < -0.3 is 9.73 Å². The Labute approximate surface area is 179 Å². The number of carbonyl (C=O) groups excluding carboxylic acids is 1. The molecule has 3 rings (SSSR count). The molecule has 1 atom stereocenters. The highest BCUT2D eigenvalue weighted by Crippen LogP contribution is 2.25. The number of rotatable bonds is 8. The lowest BCUT2D eigenvalue weighted by atomic mass is 10.1. The van der Waals surface area contributed by atoms with E-state index < -0.39 is 10.0 Å². The van der Waals surface area contributed by atoms with Gasteiger partial charge in [-0.1, -0.05) is 12.5 Å². The van der Waals surface area contributed by atoms with Crippen molar-refractivity contribution < 1.29 is 17.6 Å². The summed E-state index contributed by atoms with van der Waals surface area (Å²) in [5.74, 6) is 0.528. The van der Waals surface area contributed by atoms with Gasteiger partial charge in [0.1, 0.15) is 5.76 Å². The Morgan fingerprint density at radius 3 is 2.53 bits per heavy atom. The molecule has 1 N–H and O–H groups in total.